The summed E-state index contributed by atoms with van der Waals surface area (Å²) in [5.74, 6) is -0.393. The maximum atomic E-state index is 11.1. The summed E-state index contributed by atoms with van der Waals surface area (Å²) in [6, 6.07) is 0. The van der Waals surface area contributed by atoms with Gasteiger partial charge in [-0.05, 0) is 19.4 Å². The van der Waals surface area contributed by atoms with Crippen LogP contribution in [0, 0.1) is 0 Å². The molecule has 6 nitrogen and oxygen atoms in total. The molecule has 2 heterocycles. The highest BCUT2D eigenvalue weighted by Gasteiger charge is 2.19. The zero-order valence-electron chi connectivity index (χ0n) is 8.85. The number of amides is 1. The molecule has 1 aliphatic rings. The van der Waals surface area contributed by atoms with E-state index in [1.54, 1.807) is 0 Å². The number of nitrogens with two attached hydrogens (primary N) is 1. The van der Waals surface area contributed by atoms with Crippen LogP contribution in [-0.4, -0.2) is 35.1 Å². The Balaban J connectivity index is 2.10. The maximum absolute atomic E-state index is 11.1. The predicted octanol–water partition coefficient (Wildman–Crippen LogP) is -0.294. The van der Waals surface area contributed by atoms with E-state index < -0.39 is 5.91 Å². The molecule has 1 amide bonds. The minimum atomic E-state index is -0.619. The number of piperidine rings is 1. The Kier molecular flexibility index (Phi) is 3.31. The van der Waals surface area contributed by atoms with Gasteiger partial charge >= 0.3 is 0 Å². The normalized spacial score (nSPS) is 20.4. The number of carbonyl (C=O) groups is 1. The van der Waals surface area contributed by atoms with Crippen molar-refractivity contribution in [3.05, 3.63) is 18.1 Å². The van der Waals surface area contributed by atoms with Crippen molar-refractivity contribution in [3.8, 4) is 5.88 Å². The van der Waals surface area contributed by atoms with Crippen LogP contribution in [0.5, 0.6) is 5.88 Å². The lowest BCUT2D eigenvalue weighted by molar-refractivity contribution is 0.0981. The van der Waals surface area contributed by atoms with Gasteiger partial charge in [-0.3, -0.25) is 4.79 Å². The lowest BCUT2D eigenvalue weighted by Crippen LogP contribution is -2.37. The van der Waals surface area contributed by atoms with Gasteiger partial charge in [-0.25, -0.2) is 9.97 Å². The monoisotopic (exact) mass is 222 g/mol. The molecule has 0 spiro atoms. The number of carbonyl (C=O) groups excluding carboxylic acids is 1. The molecule has 1 aliphatic heterocycles. The predicted molar refractivity (Wildman–Crippen MR) is 57.1 cm³/mol. The third kappa shape index (κ3) is 2.46. The molecule has 2 rings (SSSR count). The highest BCUT2D eigenvalue weighted by atomic mass is 16.5. The molecule has 3 N–H and O–H groups in total. The SMILES string of the molecule is NC(=O)c1nccnc1OC1CCCNC1. The lowest BCUT2D eigenvalue weighted by atomic mass is 10.1. The molecule has 0 aliphatic carbocycles. The van der Waals surface area contributed by atoms with Crippen LogP contribution in [0.2, 0.25) is 0 Å². The van der Waals surface area contributed by atoms with Crippen LogP contribution in [0.25, 0.3) is 0 Å². The van der Waals surface area contributed by atoms with Gasteiger partial charge in [-0.15, -0.1) is 0 Å². The summed E-state index contributed by atoms with van der Waals surface area (Å²) in [4.78, 5) is 18.9. The average molecular weight is 222 g/mol. The second kappa shape index (κ2) is 4.89. The van der Waals surface area contributed by atoms with Gasteiger partial charge in [0, 0.05) is 18.9 Å². The molecule has 0 bridgehead atoms. The fourth-order valence-electron chi connectivity index (χ4n) is 1.66. The van der Waals surface area contributed by atoms with Crippen LogP contribution in [0.1, 0.15) is 23.3 Å². The summed E-state index contributed by atoms with van der Waals surface area (Å²) in [5.41, 5.74) is 5.27. The molecule has 1 fully saturated rings. The number of hydrogen-bond donors (Lipinski definition) is 2. The zero-order chi connectivity index (χ0) is 11.4. The summed E-state index contributed by atoms with van der Waals surface area (Å²) >= 11 is 0. The minimum absolute atomic E-state index is 0.0311. The molecular formula is C10H14N4O2. The number of aromatic nitrogens is 2. The largest absolute Gasteiger partial charge is 0.471 e. The Morgan fingerprint density at radius 3 is 3.00 bits per heavy atom. The van der Waals surface area contributed by atoms with Crippen molar-refractivity contribution in [1.82, 2.24) is 15.3 Å². The minimum Gasteiger partial charge on any atom is -0.471 e. The van der Waals surface area contributed by atoms with Crippen molar-refractivity contribution >= 4 is 5.91 Å². The van der Waals surface area contributed by atoms with Crippen molar-refractivity contribution in [2.75, 3.05) is 13.1 Å². The van der Waals surface area contributed by atoms with Crippen molar-refractivity contribution < 1.29 is 9.53 Å². The topological polar surface area (TPSA) is 90.1 Å². The number of hydrogen-bond acceptors (Lipinski definition) is 5. The van der Waals surface area contributed by atoms with Gasteiger partial charge in [-0.2, -0.15) is 0 Å². The van der Waals surface area contributed by atoms with Crippen molar-refractivity contribution in [2.45, 2.75) is 18.9 Å². The van der Waals surface area contributed by atoms with Crippen LogP contribution >= 0.6 is 0 Å². The Morgan fingerprint density at radius 2 is 2.31 bits per heavy atom. The molecular weight excluding hydrogens is 208 g/mol. The molecule has 16 heavy (non-hydrogen) atoms. The molecule has 1 unspecified atom stereocenters. The quantitative estimate of drug-likeness (QED) is 0.733. The fraction of sp³-hybridized carbons (Fsp3) is 0.500. The first-order valence-electron chi connectivity index (χ1n) is 5.25. The van der Waals surface area contributed by atoms with Gasteiger partial charge in [0.2, 0.25) is 5.88 Å². The Morgan fingerprint density at radius 1 is 1.50 bits per heavy atom. The smallest absolute Gasteiger partial charge is 0.272 e. The number of nitrogens with zero attached hydrogens (tertiary/aromatic N) is 2. The van der Waals surface area contributed by atoms with E-state index in [0.29, 0.717) is 0 Å². The zero-order valence-corrected chi connectivity index (χ0v) is 8.85. The van der Waals surface area contributed by atoms with E-state index >= 15 is 0 Å². The van der Waals surface area contributed by atoms with E-state index in [0.717, 1.165) is 25.9 Å². The van der Waals surface area contributed by atoms with Crippen LogP contribution in [0.3, 0.4) is 0 Å². The van der Waals surface area contributed by atoms with Crippen molar-refractivity contribution in [2.24, 2.45) is 5.73 Å². The Bertz CT molecular complexity index is 377. The molecule has 1 saturated heterocycles. The van der Waals surface area contributed by atoms with E-state index in [1.165, 1.54) is 12.4 Å². The van der Waals surface area contributed by atoms with Gasteiger partial charge in [0.1, 0.15) is 6.10 Å². The van der Waals surface area contributed by atoms with Crippen molar-refractivity contribution in [3.63, 3.8) is 0 Å². The van der Waals surface area contributed by atoms with E-state index in [4.69, 9.17) is 10.5 Å². The highest BCUT2D eigenvalue weighted by Crippen LogP contribution is 2.15. The second-order valence-electron chi connectivity index (χ2n) is 3.66. The van der Waals surface area contributed by atoms with E-state index in [-0.39, 0.29) is 17.7 Å². The Hall–Kier alpha value is -1.69. The van der Waals surface area contributed by atoms with Crippen LogP contribution in [0.4, 0.5) is 0 Å². The standard InChI is InChI=1S/C10H14N4O2/c11-9(15)8-10(14-5-4-13-8)16-7-2-1-3-12-6-7/h4-5,7,12H,1-3,6H2,(H2,11,15). The van der Waals surface area contributed by atoms with E-state index in [1.807, 2.05) is 0 Å². The summed E-state index contributed by atoms with van der Waals surface area (Å²) < 4.78 is 5.61. The number of primary amides is 1. The van der Waals surface area contributed by atoms with Gasteiger partial charge in [-0.1, -0.05) is 0 Å². The van der Waals surface area contributed by atoms with Crippen LogP contribution in [0.15, 0.2) is 12.4 Å². The maximum Gasteiger partial charge on any atom is 0.272 e. The number of rotatable bonds is 3. The molecule has 1 aromatic heterocycles. The van der Waals surface area contributed by atoms with E-state index in [2.05, 4.69) is 15.3 Å². The molecule has 6 heteroatoms. The van der Waals surface area contributed by atoms with E-state index in [9.17, 15) is 4.79 Å². The summed E-state index contributed by atoms with van der Waals surface area (Å²) in [5, 5.41) is 3.21. The third-order valence-electron chi connectivity index (χ3n) is 2.43. The van der Waals surface area contributed by atoms with Crippen LogP contribution < -0.4 is 15.8 Å². The van der Waals surface area contributed by atoms with Crippen molar-refractivity contribution in [1.29, 1.82) is 0 Å². The number of ether oxygens (including phenoxy) is 1. The summed E-state index contributed by atoms with van der Waals surface area (Å²) in [6.07, 6.45) is 4.94. The van der Waals surface area contributed by atoms with Gasteiger partial charge in [0.25, 0.3) is 5.91 Å². The molecule has 1 aromatic rings. The van der Waals surface area contributed by atoms with Crippen LogP contribution in [-0.2, 0) is 0 Å². The molecule has 1 atom stereocenters. The first-order chi connectivity index (χ1) is 7.77. The first-order valence-corrected chi connectivity index (χ1v) is 5.25. The molecule has 0 aromatic carbocycles. The highest BCUT2D eigenvalue weighted by molar-refractivity contribution is 5.92. The molecule has 0 radical (unpaired) electrons. The first kappa shape index (κ1) is 10.8. The number of nitrogens with one attached hydrogen (secondary N) is 1. The molecule has 0 saturated carbocycles. The summed E-state index contributed by atoms with van der Waals surface area (Å²) in [6.45, 7) is 1.76. The summed E-state index contributed by atoms with van der Waals surface area (Å²) in [7, 11) is 0. The lowest BCUT2D eigenvalue weighted by Gasteiger charge is -2.23. The van der Waals surface area contributed by atoms with Gasteiger partial charge in [0.15, 0.2) is 5.69 Å². The second-order valence-corrected chi connectivity index (χ2v) is 3.66. The molecule has 86 valence electrons. The average Bonchev–Trinajstić information content (AvgIpc) is 2.31. The van der Waals surface area contributed by atoms with Gasteiger partial charge < -0.3 is 15.8 Å². The third-order valence-corrected chi connectivity index (χ3v) is 2.43. The van der Waals surface area contributed by atoms with Gasteiger partial charge in [0.05, 0.1) is 0 Å². The Labute approximate surface area is 93.2 Å². The fourth-order valence-corrected chi connectivity index (χ4v) is 1.66.